The fourth-order valence-electron chi connectivity index (χ4n) is 2.08. The minimum Gasteiger partial charge on any atom is -0.382 e. The van der Waals surface area contributed by atoms with Crippen LogP contribution in [-0.2, 0) is 21.8 Å². The van der Waals surface area contributed by atoms with Gasteiger partial charge in [0.25, 0.3) is 0 Å². The van der Waals surface area contributed by atoms with E-state index in [1.807, 2.05) is 12.3 Å². The average Bonchev–Trinajstić information content (AvgIpc) is 2.58. The van der Waals surface area contributed by atoms with Crippen molar-refractivity contribution >= 4 is 17.7 Å². The first kappa shape index (κ1) is 20.7. The summed E-state index contributed by atoms with van der Waals surface area (Å²) in [5, 5.41) is 6.50. The van der Waals surface area contributed by atoms with Crippen LogP contribution in [0.5, 0.6) is 0 Å². The smallest absolute Gasteiger partial charge is 0.191 e. The van der Waals surface area contributed by atoms with Gasteiger partial charge in [-0.3, -0.25) is 4.99 Å². The maximum absolute atomic E-state index is 13.4. The average molecular weight is 357 g/mol. The number of halogens is 1. The van der Waals surface area contributed by atoms with Gasteiger partial charge in [0.1, 0.15) is 5.82 Å². The molecule has 7 heteroatoms. The van der Waals surface area contributed by atoms with Gasteiger partial charge in [-0.25, -0.2) is 4.39 Å². The molecule has 0 aromatic heterocycles. The molecule has 2 N–H and O–H groups in total. The van der Waals surface area contributed by atoms with Gasteiger partial charge in [-0.1, -0.05) is 6.07 Å². The van der Waals surface area contributed by atoms with Crippen LogP contribution in [0.4, 0.5) is 4.39 Å². The number of hydrogen-bond acceptors (Lipinski definition) is 4. The predicted octanol–water partition coefficient (Wildman–Crippen LogP) is 2.41. The molecule has 0 radical (unpaired) electrons. The normalized spacial score (nSPS) is 11.6. The van der Waals surface area contributed by atoms with Gasteiger partial charge in [-0.2, -0.15) is 11.8 Å². The maximum atomic E-state index is 13.4. The van der Waals surface area contributed by atoms with Crippen molar-refractivity contribution in [2.75, 3.05) is 46.8 Å². The van der Waals surface area contributed by atoms with Gasteiger partial charge in [0.05, 0.1) is 13.2 Å². The lowest BCUT2D eigenvalue weighted by Crippen LogP contribution is -2.37. The first-order valence-corrected chi connectivity index (χ1v) is 9.38. The minimum absolute atomic E-state index is 0.196. The molecular formula is C17H28FN3O2S. The standard InChI is InChI=1S/C17H28FN3O2S/c1-19-17(20-7-4-8-23-10-9-22-2)21-12-14-5-6-16(18)11-15(14)13-24-3/h5-6,11H,4,7-10,12-13H2,1-3H3,(H2,19,20,21). The van der Waals surface area contributed by atoms with Crippen LogP contribution in [0.2, 0.25) is 0 Å². The quantitative estimate of drug-likeness (QED) is 0.362. The molecule has 1 rings (SSSR count). The van der Waals surface area contributed by atoms with E-state index in [-0.39, 0.29) is 5.82 Å². The highest BCUT2D eigenvalue weighted by Gasteiger charge is 2.05. The van der Waals surface area contributed by atoms with Crippen LogP contribution >= 0.6 is 11.8 Å². The summed E-state index contributed by atoms with van der Waals surface area (Å²) >= 11 is 1.68. The Morgan fingerprint density at radius 1 is 1.21 bits per heavy atom. The zero-order valence-corrected chi connectivity index (χ0v) is 15.5. The van der Waals surface area contributed by atoms with E-state index in [0.717, 1.165) is 35.8 Å². The number of thioether (sulfide) groups is 1. The van der Waals surface area contributed by atoms with E-state index in [2.05, 4.69) is 15.6 Å². The van der Waals surface area contributed by atoms with Crippen molar-refractivity contribution in [3.8, 4) is 0 Å². The van der Waals surface area contributed by atoms with Crippen LogP contribution in [0.3, 0.4) is 0 Å². The highest BCUT2D eigenvalue weighted by molar-refractivity contribution is 7.97. The highest BCUT2D eigenvalue weighted by Crippen LogP contribution is 2.16. The molecule has 0 saturated carbocycles. The van der Waals surface area contributed by atoms with E-state index in [0.29, 0.717) is 26.4 Å². The molecule has 1 aromatic carbocycles. The molecule has 0 atom stereocenters. The number of ether oxygens (including phenoxy) is 2. The Balaban J connectivity index is 2.34. The zero-order valence-electron chi connectivity index (χ0n) is 14.7. The second kappa shape index (κ2) is 13.0. The Hall–Kier alpha value is -1.31. The molecule has 1 aromatic rings. The lowest BCUT2D eigenvalue weighted by atomic mass is 10.1. The van der Waals surface area contributed by atoms with Gasteiger partial charge in [0, 0.05) is 39.6 Å². The molecule has 0 unspecified atom stereocenters. The van der Waals surface area contributed by atoms with E-state index in [1.165, 1.54) is 6.07 Å². The molecule has 0 amide bonds. The number of guanidine groups is 1. The molecule has 0 aliphatic carbocycles. The number of rotatable bonds is 11. The maximum Gasteiger partial charge on any atom is 0.191 e. The Bertz CT molecular complexity index is 501. The second-order valence-electron chi connectivity index (χ2n) is 5.16. The summed E-state index contributed by atoms with van der Waals surface area (Å²) in [5.74, 6) is 1.32. The summed E-state index contributed by atoms with van der Waals surface area (Å²) in [6.45, 7) is 3.30. The Morgan fingerprint density at radius 3 is 2.75 bits per heavy atom. The molecule has 24 heavy (non-hydrogen) atoms. The van der Waals surface area contributed by atoms with Gasteiger partial charge in [-0.15, -0.1) is 0 Å². The molecular weight excluding hydrogens is 329 g/mol. The van der Waals surface area contributed by atoms with Crippen molar-refractivity contribution in [1.82, 2.24) is 10.6 Å². The van der Waals surface area contributed by atoms with Gasteiger partial charge in [0.15, 0.2) is 5.96 Å². The van der Waals surface area contributed by atoms with Gasteiger partial charge < -0.3 is 20.1 Å². The largest absolute Gasteiger partial charge is 0.382 e. The summed E-state index contributed by atoms with van der Waals surface area (Å²) in [6.07, 6.45) is 2.90. The number of nitrogens with zero attached hydrogens (tertiary/aromatic N) is 1. The summed E-state index contributed by atoms with van der Waals surface area (Å²) < 4.78 is 23.7. The monoisotopic (exact) mass is 357 g/mol. The van der Waals surface area contributed by atoms with Crippen molar-refractivity contribution < 1.29 is 13.9 Å². The molecule has 136 valence electrons. The van der Waals surface area contributed by atoms with Crippen molar-refractivity contribution in [1.29, 1.82) is 0 Å². The van der Waals surface area contributed by atoms with Gasteiger partial charge in [0.2, 0.25) is 0 Å². The Kier molecular flexibility index (Phi) is 11.3. The zero-order chi connectivity index (χ0) is 17.6. The third kappa shape index (κ3) is 8.52. The number of benzene rings is 1. The summed E-state index contributed by atoms with van der Waals surface area (Å²) in [4.78, 5) is 4.20. The number of methoxy groups -OCH3 is 1. The lowest BCUT2D eigenvalue weighted by Gasteiger charge is -2.14. The first-order valence-electron chi connectivity index (χ1n) is 7.98. The van der Waals surface area contributed by atoms with Crippen molar-refractivity contribution in [2.24, 2.45) is 4.99 Å². The summed E-state index contributed by atoms with van der Waals surface area (Å²) in [7, 11) is 3.39. The fraction of sp³-hybridized carbons (Fsp3) is 0.588. The molecule has 0 bridgehead atoms. The number of nitrogens with one attached hydrogen (secondary N) is 2. The van der Waals surface area contributed by atoms with E-state index >= 15 is 0 Å². The van der Waals surface area contributed by atoms with Crippen LogP contribution in [-0.4, -0.2) is 52.7 Å². The fourth-order valence-corrected chi connectivity index (χ4v) is 2.66. The molecule has 0 saturated heterocycles. The summed E-state index contributed by atoms with van der Waals surface area (Å²) in [6, 6.07) is 4.92. The first-order chi connectivity index (χ1) is 11.7. The van der Waals surface area contributed by atoms with Crippen molar-refractivity contribution in [3.05, 3.63) is 35.1 Å². The number of hydrogen-bond donors (Lipinski definition) is 2. The Morgan fingerprint density at radius 2 is 2.04 bits per heavy atom. The third-order valence-electron chi connectivity index (χ3n) is 3.33. The van der Waals surface area contributed by atoms with Crippen LogP contribution < -0.4 is 10.6 Å². The van der Waals surface area contributed by atoms with E-state index < -0.39 is 0 Å². The topological polar surface area (TPSA) is 54.9 Å². The lowest BCUT2D eigenvalue weighted by molar-refractivity contribution is 0.0698. The van der Waals surface area contributed by atoms with Crippen molar-refractivity contribution in [3.63, 3.8) is 0 Å². The van der Waals surface area contributed by atoms with Crippen LogP contribution in [0.1, 0.15) is 17.5 Å². The van der Waals surface area contributed by atoms with Crippen LogP contribution in [0.15, 0.2) is 23.2 Å². The van der Waals surface area contributed by atoms with Crippen LogP contribution in [0.25, 0.3) is 0 Å². The molecule has 0 aliphatic rings. The minimum atomic E-state index is -0.196. The van der Waals surface area contributed by atoms with E-state index in [4.69, 9.17) is 9.47 Å². The molecule has 0 aliphatic heterocycles. The van der Waals surface area contributed by atoms with E-state index in [9.17, 15) is 4.39 Å². The van der Waals surface area contributed by atoms with Gasteiger partial charge >= 0.3 is 0 Å². The molecule has 0 heterocycles. The second-order valence-corrected chi connectivity index (χ2v) is 6.02. The van der Waals surface area contributed by atoms with Crippen molar-refractivity contribution in [2.45, 2.75) is 18.7 Å². The molecule has 0 fully saturated rings. The summed E-state index contributed by atoms with van der Waals surface area (Å²) in [5.41, 5.74) is 2.09. The predicted molar refractivity (Wildman–Crippen MR) is 99.1 cm³/mol. The SMILES string of the molecule is CN=C(NCCCOCCOC)NCc1ccc(F)cc1CSC. The number of aliphatic imine (C=N–C) groups is 1. The highest BCUT2D eigenvalue weighted by atomic mass is 32.2. The van der Waals surface area contributed by atoms with Gasteiger partial charge in [-0.05, 0) is 35.9 Å². The Labute approximate surface area is 148 Å². The molecule has 0 spiro atoms. The molecule has 5 nitrogen and oxygen atoms in total. The van der Waals surface area contributed by atoms with E-state index in [1.54, 1.807) is 32.0 Å². The third-order valence-corrected chi connectivity index (χ3v) is 3.93. The van der Waals surface area contributed by atoms with Crippen LogP contribution in [0, 0.1) is 5.82 Å².